The second kappa shape index (κ2) is 26.3. The molecule has 0 atom stereocenters. The zero-order valence-corrected chi connectivity index (χ0v) is 39.9. The summed E-state index contributed by atoms with van der Waals surface area (Å²) in [6.07, 6.45) is 2.25. The molecule has 28 heteroatoms. The molecule has 2 amide bonds. The van der Waals surface area contributed by atoms with Gasteiger partial charge in [0.15, 0.2) is 0 Å². The third kappa shape index (κ3) is 17.2. The summed E-state index contributed by atoms with van der Waals surface area (Å²) >= 11 is 0. The van der Waals surface area contributed by atoms with Gasteiger partial charge in [0.1, 0.15) is 9.79 Å². The maximum Gasteiger partial charge on any atom is 0.295 e. The summed E-state index contributed by atoms with van der Waals surface area (Å²) in [5, 5.41) is 39.1. The van der Waals surface area contributed by atoms with Gasteiger partial charge in [-0.15, -0.1) is 0 Å². The Bertz CT molecular complexity index is 2830. The Morgan fingerprint density at radius 3 is 1.12 bits per heavy atom. The van der Waals surface area contributed by atoms with E-state index in [2.05, 4.69) is 51.2 Å². The highest BCUT2D eigenvalue weighted by Crippen LogP contribution is 2.29. The van der Waals surface area contributed by atoms with E-state index in [9.17, 15) is 45.7 Å². The fourth-order valence-corrected chi connectivity index (χ4v) is 7.70. The maximum absolute atomic E-state index is 12.8. The molecule has 0 aliphatic rings. The number of benzene rings is 4. The van der Waals surface area contributed by atoms with Gasteiger partial charge in [0.25, 0.3) is 20.2 Å². The Kier molecular flexibility index (Phi) is 20.1. The van der Waals surface area contributed by atoms with E-state index in [0.29, 0.717) is 17.9 Å². The smallest absolute Gasteiger partial charge is 0.295 e. The lowest BCUT2D eigenvalue weighted by molar-refractivity contribution is -0.118. The highest BCUT2D eigenvalue weighted by Gasteiger charge is 2.21. The normalized spacial score (nSPS) is 11.3. The summed E-state index contributed by atoms with van der Waals surface area (Å²) in [5.41, 5.74) is 16.7. The van der Waals surface area contributed by atoms with Crippen LogP contribution in [0.25, 0.3) is 12.2 Å². The van der Waals surface area contributed by atoms with Crippen molar-refractivity contribution < 1.29 is 50.8 Å². The topological polar surface area (TPSA) is 414 Å². The Balaban J connectivity index is 0.00000232. The van der Waals surface area contributed by atoms with Gasteiger partial charge in [-0.3, -0.25) is 18.7 Å². The summed E-state index contributed by atoms with van der Waals surface area (Å²) in [7, 11) is -9.90. The standard InChI is InChI=1S/C42H46N14O10S2.C2H7NO/c43-35(59)17-19-55(21-23-57)41-51-37(45-29-7-3-1-4-8-29)49-39(53-41)47-31-15-13-27(33(25-31)67(61,62)63)11-12-28-14-16-32(26-34(28)68(64,65)66)48-40-50-38(46-30-9-5-2-6-10-30)52-42(54-40)56(22-24-58)20-18-36(44)60;3-1-2-4/h1-16,25-26,57-58H,17-24H2,(H2,43,59)(H2,44,60)(H,61,62,63)(H,64,65,66)(H2,45,47,49,51,53)(H2,46,48,50,52,54);4H,1-3H2/b12-11+;. The first-order valence-electron chi connectivity index (χ1n) is 21.6. The number of carbonyl (C=O) groups excluding carboxylic acids is 2. The monoisotopic (exact) mass is 1030 g/mol. The van der Waals surface area contributed by atoms with Crippen LogP contribution in [0.4, 0.5) is 58.4 Å². The molecule has 0 fully saturated rings. The van der Waals surface area contributed by atoms with Gasteiger partial charge in [0.2, 0.25) is 47.5 Å². The number of nitrogens with two attached hydrogens (primary N) is 3. The van der Waals surface area contributed by atoms with E-state index in [1.807, 2.05) is 0 Å². The number of aliphatic hydroxyl groups is 3. The molecule has 4 aromatic carbocycles. The molecular formula is C44H53N15O11S2. The molecule has 0 aliphatic carbocycles. The molecule has 6 aromatic rings. The van der Waals surface area contributed by atoms with Gasteiger partial charge in [-0.1, -0.05) is 60.7 Å². The molecule has 26 nitrogen and oxygen atoms in total. The van der Waals surface area contributed by atoms with Gasteiger partial charge < -0.3 is 63.6 Å². The van der Waals surface area contributed by atoms with Crippen molar-refractivity contribution in [3.8, 4) is 0 Å². The average molecular weight is 1030 g/mol. The lowest BCUT2D eigenvalue weighted by Crippen LogP contribution is -2.32. The molecule has 0 aliphatic heterocycles. The van der Waals surface area contributed by atoms with Crippen molar-refractivity contribution in [2.75, 3.05) is 83.6 Å². The first kappa shape index (κ1) is 55.0. The van der Waals surface area contributed by atoms with E-state index < -0.39 is 41.8 Å². The van der Waals surface area contributed by atoms with Crippen molar-refractivity contribution in [3.05, 3.63) is 108 Å². The summed E-state index contributed by atoms with van der Waals surface area (Å²) < 4.78 is 71.8. The number of hydrogen-bond donors (Lipinski definition) is 12. The molecule has 15 N–H and O–H groups in total. The molecule has 2 aromatic heterocycles. The van der Waals surface area contributed by atoms with Crippen molar-refractivity contribution in [3.63, 3.8) is 0 Å². The molecule has 0 radical (unpaired) electrons. The zero-order chi connectivity index (χ0) is 52.3. The Morgan fingerprint density at radius 1 is 0.500 bits per heavy atom. The van der Waals surface area contributed by atoms with Gasteiger partial charge in [0, 0.05) is 68.3 Å². The fourth-order valence-electron chi connectivity index (χ4n) is 6.28. The van der Waals surface area contributed by atoms with Crippen molar-refractivity contribution in [2.45, 2.75) is 22.6 Å². The zero-order valence-electron chi connectivity index (χ0n) is 38.3. The average Bonchev–Trinajstić information content (AvgIpc) is 3.33. The van der Waals surface area contributed by atoms with Gasteiger partial charge in [-0.2, -0.15) is 46.7 Å². The number of carbonyl (C=O) groups is 2. The number of rotatable bonds is 25. The predicted molar refractivity (Wildman–Crippen MR) is 269 cm³/mol. The minimum Gasteiger partial charge on any atom is -0.395 e. The molecule has 0 unspecified atom stereocenters. The Morgan fingerprint density at radius 2 is 0.833 bits per heavy atom. The van der Waals surface area contributed by atoms with E-state index in [1.165, 1.54) is 46.2 Å². The van der Waals surface area contributed by atoms with E-state index in [-0.39, 0.29) is 117 Å². The SMILES string of the molecule is NC(=O)CCN(CCO)c1nc(Nc2ccccc2)nc(Nc2ccc(/C=C/c3ccc(Nc4nc(Nc5ccccc5)nc(N(CCO)CCC(N)=O)n4)cc3S(=O)(=O)O)c(S(=O)(=O)O)c2)n1.NCCO. The maximum atomic E-state index is 12.8. The van der Waals surface area contributed by atoms with Crippen molar-refractivity contribution in [1.29, 1.82) is 0 Å². The number of hydrogen-bond acceptors (Lipinski definition) is 22. The molecular weight excluding hydrogens is 979 g/mol. The Hall–Kier alpha value is -7.96. The third-order valence-corrected chi connectivity index (χ3v) is 11.4. The number of anilines is 10. The van der Waals surface area contributed by atoms with E-state index in [1.54, 1.807) is 60.7 Å². The minimum absolute atomic E-state index is 0.0213. The lowest BCUT2D eigenvalue weighted by atomic mass is 10.1. The molecule has 0 saturated heterocycles. The highest BCUT2D eigenvalue weighted by molar-refractivity contribution is 7.86. The van der Waals surface area contributed by atoms with Gasteiger partial charge in [0.05, 0.1) is 19.8 Å². The molecule has 0 spiro atoms. The van der Waals surface area contributed by atoms with Gasteiger partial charge in [-0.05, 0) is 59.7 Å². The lowest BCUT2D eigenvalue weighted by Gasteiger charge is -2.22. The van der Waals surface area contributed by atoms with Crippen molar-refractivity contribution in [1.82, 2.24) is 29.9 Å². The van der Waals surface area contributed by atoms with Crippen molar-refractivity contribution in [2.24, 2.45) is 17.2 Å². The minimum atomic E-state index is -4.95. The number of para-hydroxylation sites is 2. The molecule has 2 heterocycles. The van der Waals surface area contributed by atoms with E-state index >= 15 is 0 Å². The quantitative estimate of drug-likeness (QED) is 0.0288. The number of amides is 2. The second-order valence-electron chi connectivity index (χ2n) is 15.0. The molecule has 0 bridgehead atoms. The summed E-state index contributed by atoms with van der Waals surface area (Å²) in [6, 6.07) is 25.4. The fraction of sp³-hybridized carbons (Fsp3) is 0.227. The Labute approximate surface area is 413 Å². The van der Waals surface area contributed by atoms with Crippen LogP contribution in [-0.2, 0) is 29.8 Å². The number of aliphatic hydroxyl groups excluding tert-OH is 3. The first-order valence-corrected chi connectivity index (χ1v) is 24.5. The van der Waals surface area contributed by atoms with Crippen LogP contribution >= 0.6 is 0 Å². The van der Waals surface area contributed by atoms with Crippen LogP contribution in [-0.4, -0.2) is 136 Å². The predicted octanol–water partition coefficient (Wildman–Crippen LogP) is 1.98. The van der Waals surface area contributed by atoms with Crippen LogP contribution in [0.15, 0.2) is 107 Å². The third-order valence-electron chi connectivity index (χ3n) is 9.54. The number of nitrogens with zero attached hydrogens (tertiary/aromatic N) is 8. The first-order chi connectivity index (χ1) is 34.4. The summed E-state index contributed by atoms with van der Waals surface area (Å²) in [6.45, 7) is -0.0261. The molecule has 0 saturated carbocycles. The summed E-state index contributed by atoms with van der Waals surface area (Å²) in [5.74, 6) is -1.25. The van der Waals surface area contributed by atoms with Gasteiger partial charge in [-0.25, -0.2) is 0 Å². The van der Waals surface area contributed by atoms with Gasteiger partial charge >= 0.3 is 0 Å². The van der Waals surface area contributed by atoms with Crippen LogP contribution < -0.4 is 48.3 Å². The molecule has 6 rings (SSSR count). The number of primary amides is 2. The van der Waals surface area contributed by atoms with Crippen LogP contribution in [0.2, 0.25) is 0 Å². The van der Waals surface area contributed by atoms with Crippen LogP contribution in [0.5, 0.6) is 0 Å². The van der Waals surface area contributed by atoms with Crippen LogP contribution in [0.3, 0.4) is 0 Å². The van der Waals surface area contributed by atoms with Crippen LogP contribution in [0, 0.1) is 0 Å². The second-order valence-corrected chi connectivity index (χ2v) is 17.7. The van der Waals surface area contributed by atoms with Crippen molar-refractivity contribution >= 4 is 103 Å². The molecule has 72 heavy (non-hydrogen) atoms. The molecule has 382 valence electrons. The van der Waals surface area contributed by atoms with E-state index in [4.69, 9.17) is 22.3 Å². The number of nitrogens with one attached hydrogen (secondary N) is 4. The number of aromatic nitrogens is 6. The highest BCUT2D eigenvalue weighted by atomic mass is 32.2. The van der Waals surface area contributed by atoms with E-state index in [0.717, 1.165) is 12.1 Å². The van der Waals surface area contributed by atoms with Crippen LogP contribution in [0.1, 0.15) is 24.0 Å². The largest absolute Gasteiger partial charge is 0.395 e. The summed E-state index contributed by atoms with van der Waals surface area (Å²) in [4.78, 5) is 51.5.